The number of hydrogen-bond donors (Lipinski definition) is 1. The smallest absolute Gasteiger partial charge is 0.262 e. The number of nitrogens with one attached hydrogen (secondary N) is 1. The molecule has 0 radical (unpaired) electrons. The number of hydrogen-bond acceptors (Lipinski definition) is 5. The van der Waals surface area contributed by atoms with E-state index in [1.165, 1.54) is 4.80 Å². The second kappa shape index (κ2) is 6.87. The van der Waals surface area contributed by atoms with Crippen molar-refractivity contribution in [2.24, 2.45) is 0 Å². The Morgan fingerprint density at radius 1 is 1.08 bits per heavy atom. The van der Waals surface area contributed by atoms with Gasteiger partial charge in [0, 0.05) is 5.56 Å². The van der Waals surface area contributed by atoms with Crippen LogP contribution in [-0.2, 0) is 16.6 Å². The summed E-state index contributed by atoms with van der Waals surface area (Å²) < 4.78 is 28.7. The third kappa shape index (κ3) is 3.45. The summed E-state index contributed by atoms with van der Waals surface area (Å²) in [6.07, 6.45) is 0. The van der Waals surface area contributed by atoms with Gasteiger partial charge < -0.3 is 0 Å². The Morgan fingerprint density at radius 3 is 2.35 bits per heavy atom. The first-order valence-corrected chi connectivity index (χ1v) is 9.78. The van der Waals surface area contributed by atoms with Gasteiger partial charge in [-0.1, -0.05) is 29.8 Å². The average Bonchev–Trinajstić information content (AvgIpc) is 3.02. The predicted molar refractivity (Wildman–Crippen MR) is 100 cm³/mol. The molecule has 2 aromatic carbocycles. The molecular formula is C18H21N5O2S. The molecule has 0 atom stereocenters. The minimum atomic E-state index is -3.75. The van der Waals surface area contributed by atoms with Crippen LogP contribution in [0.2, 0.25) is 0 Å². The molecule has 7 nitrogen and oxygen atoms in total. The normalized spacial score (nSPS) is 11.5. The Balaban J connectivity index is 2.04. The van der Waals surface area contributed by atoms with Gasteiger partial charge in [0.2, 0.25) is 5.82 Å². The molecule has 0 bridgehead atoms. The Hall–Kier alpha value is -2.74. The van der Waals surface area contributed by atoms with Crippen molar-refractivity contribution < 1.29 is 8.42 Å². The predicted octanol–water partition coefficient (Wildman–Crippen LogP) is 3.09. The summed E-state index contributed by atoms with van der Waals surface area (Å²) in [4.78, 5) is 1.75. The van der Waals surface area contributed by atoms with E-state index in [1.54, 1.807) is 32.0 Å². The second-order valence-electron chi connectivity index (χ2n) is 6.18. The van der Waals surface area contributed by atoms with Crippen molar-refractivity contribution in [1.82, 2.24) is 20.2 Å². The molecule has 0 unspecified atom stereocenters. The van der Waals surface area contributed by atoms with E-state index in [0.717, 1.165) is 5.56 Å². The molecule has 26 heavy (non-hydrogen) atoms. The molecule has 1 N–H and O–H groups in total. The van der Waals surface area contributed by atoms with E-state index in [0.29, 0.717) is 39.6 Å². The molecular weight excluding hydrogens is 350 g/mol. The van der Waals surface area contributed by atoms with E-state index in [-0.39, 0.29) is 0 Å². The van der Waals surface area contributed by atoms with E-state index in [9.17, 15) is 8.42 Å². The minimum absolute atomic E-state index is 0.295. The highest BCUT2D eigenvalue weighted by atomic mass is 32.2. The van der Waals surface area contributed by atoms with Crippen LogP contribution in [0.15, 0.2) is 41.3 Å². The third-order valence-electron chi connectivity index (χ3n) is 4.02. The fraction of sp³-hybridized carbons (Fsp3) is 0.278. The second-order valence-corrected chi connectivity index (χ2v) is 7.80. The molecule has 0 spiro atoms. The lowest BCUT2D eigenvalue weighted by Gasteiger charge is -2.15. The highest BCUT2D eigenvalue weighted by Gasteiger charge is 2.22. The SMILES string of the molecule is CCn1nnc(-c2ccccc2NS(=O)(=O)c2c(C)cc(C)cc2C)n1. The summed E-state index contributed by atoms with van der Waals surface area (Å²) in [7, 11) is -3.75. The van der Waals surface area contributed by atoms with Gasteiger partial charge in [0.15, 0.2) is 0 Å². The number of tetrazole rings is 1. The Morgan fingerprint density at radius 2 is 1.73 bits per heavy atom. The van der Waals surface area contributed by atoms with Gasteiger partial charge in [-0.25, -0.2) is 8.42 Å². The molecule has 136 valence electrons. The molecule has 0 aliphatic rings. The zero-order valence-corrected chi connectivity index (χ0v) is 16.0. The van der Waals surface area contributed by atoms with Gasteiger partial charge in [-0.2, -0.15) is 4.80 Å². The van der Waals surface area contributed by atoms with Crippen LogP contribution >= 0.6 is 0 Å². The van der Waals surface area contributed by atoms with Crippen LogP contribution < -0.4 is 4.72 Å². The van der Waals surface area contributed by atoms with Crippen LogP contribution in [0.5, 0.6) is 0 Å². The average molecular weight is 371 g/mol. The van der Waals surface area contributed by atoms with Crippen molar-refractivity contribution in [2.45, 2.75) is 39.1 Å². The summed E-state index contributed by atoms with van der Waals surface area (Å²) in [5, 5.41) is 12.2. The lowest BCUT2D eigenvalue weighted by molar-refractivity contribution is 0.553. The maximum absolute atomic E-state index is 13.0. The van der Waals surface area contributed by atoms with E-state index in [4.69, 9.17) is 0 Å². The topological polar surface area (TPSA) is 89.8 Å². The fourth-order valence-corrected chi connectivity index (χ4v) is 4.57. The molecule has 1 heterocycles. The van der Waals surface area contributed by atoms with E-state index >= 15 is 0 Å². The molecule has 0 saturated carbocycles. The monoisotopic (exact) mass is 371 g/mol. The molecule has 0 aliphatic heterocycles. The van der Waals surface area contributed by atoms with Gasteiger partial charge >= 0.3 is 0 Å². The highest BCUT2D eigenvalue weighted by Crippen LogP contribution is 2.29. The van der Waals surface area contributed by atoms with Crippen LogP contribution in [-0.4, -0.2) is 28.6 Å². The molecule has 1 aromatic heterocycles. The van der Waals surface area contributed by atoms with Gasteiger partial charge in [-0.05, 0) is 56.2 Å². The lowest BCUT2D eigenvalue weighted by atomic mass is 10.1. The number of para-hydroxylation sites is 1. The van der Waals surface area contributed by atoms with Crippen LogP contribution in [0.1, 0.15) is 23.6 Å². The van der Waals surface area contributed by atoms with Gasteiger partial charge in [0.25, 0.3) is 10.0 Å². The number of rotatable bonds is 5. The van der Waals surface area contributed by atoms with Gasteiger partial charge in [-0.15, -0.1) is 10.2 Å². The molecule has 0 aliphatic carbocycles. The van der Waals surface area contributed by atoms with Crippen molar-refractivity contribution >= 4 is 15.7 Å². The van der Waals surface area contributed by atoms with E-state index < -0.39 is 10.0 Å². The quantitative estimate of drug-likeness (QED) is 0.744. The van der Waals surface area contributed by atoms with Crippen LogP contribution in [0.25, 0.3) is 11.4 Å². The maximum atomic E-state index is 13.0. The van der Waals surface area contributed by atoms with Crippen molar-refractivity contribution in [3.8, 4) is 11.4 Å². The molecule has 3 aromatic rings. The standard InChI is InChI=1S/C18H21N5O2S/c1-5-23-20-18(19-22-23)15-8-6-7-9-16(15)21-26(24,25)17-13(3)10-12(2)11-14(17)4/h6-11,21H,5H2,1-4H3. The van der Waals surface area contributed by atoms with Crippen LogP contribution in [0, 0.1) is 20.8 Å². The fourth-order valence-electron chi connectivity index (χ4n) is 3.04. The summed E-state index contributed by atoms with van der Waals surface area (Å²) in [5.74, 6) is 0.377. The Labute approximate surface area is 153 Å². The first kappa shape index (κ1) is 18.1. The number of aromatic nitrogens is 4. The minimum Gasteiger partial charge on any atom is -0.279 e. The van der Waals surface area contributed by atoms with Crippen molar-refractivity contribution in [3.63, 3.8) is 0 Å². The molecule has 3 rings (SSSR count). The largest absolute Gasteiger partial charge is 0.279 e. The number of nitrogens with zero attached hydrogens (tertiary/aromatic N) is 4. The Bertz CT molecular complexity index is 1030. The van der Waals surface area contributed by atoms with Crippen LogP contribution in [0.4, 0.5) is 5.69 Å². The van der Waals surface area contributed by atoms with E-state index in [1.807, 2.05) is 32.0 Å². The maximum Gasteiger partial charge on any atom is 0.262 e. The number of sulfonamides is 1. The van der Waals surface area contributed by atoms with Gasteiger partial charge in [0.1, 0.15) is 0 Å². The zero-order valence-electron chi connectivity index (χ0n) is 15.2. The van der Waals surface area contributed by atoms with Gasteiger partial charge in [-0.3, -0.25) is 4.72 Å². The zero-order chi connectivity index (χ0) is 18.9. The molecule has 0 amide bonds. The summed E-state index contributed by atoms with van der Waals surface area (Å²) in [5.41, 5.74) is 3.45. The summed E-state index contributed by atoms with van der Waals surface area (Å²) in [6, 6.07) is 10.8. The number of benzene rings is 2. The molecule has 0 saturated heterocycles. The van der Waals surface area contributed by atoms with Crippen LogP contribution in [0.3, 0.4) is 0 Å². The Kier molecular flexibility index (Phi) is 4.78. The summed E-state index contributed by atoms with van der Waals surface area (Å²) in [6.45, 7) is 8.04. The van der Waals surface area contributed by atoms with E-state index in [2.05, 4.69) is 20.1 Å². The molecule has 8 heteroatoms. The van der Waals surface area contributed by atoms with Crippen molar-refractivity contribution in [3.05, 3.63) is 53.1 Å². The highest BCUT2D eigenvalue weighted by molar-refractivity contribution is 7.92. The van der Waals surface area contributed by atoms with Crippen molar-refractivity contribution in [2.75, 3.05) is 4.72 Å². The summed E-state index contributed by atoms with van der Waals surface area (Å²) >= 11 is 0. The third-order valence-corrected chi connectivity index (χ3v) is 5.69. The number of aryl methyl sites for hydroxylation is 4. The van der Waals surface area contributed by atoms with Crippen molar-refractivity contribution in [1.29, 1.82) is 0 Å². The van der Waals surface area contributed by atoms with Gasteiger partial charge in [0.05, 0.1) is 17.1 Å². The molecule has 0 fully saturated rings. The first-order valence-electron chi connectivity index (χ1n) is 8.29. The first-order chi connectivity index (χ1) is 12.3. The lowest BCUT2D eigenvalue weighted by Crippen LogP contribution is -2.16. The number of anilines is 1.